The van der Waals surface area contributed by atoms with Crippen LogP contribution in [0.25, 0.3) is 0 Å². The number of benzene rings is 1. The summed E-state index contributed by atoms with van der Waals surface area (Å²) in [4.78, 5) is 22.6. The van der Waals surface area contributed by atoms with Gasteiger partial charge in [-0.15, -0.1) is 0 Å². The van der Waals surface area contributed by atoms with Crippen molar-refractivity contribution in [1.82, 2.24) is 0 Å². The predicted molar refractivity (Wildman–Crippen MR) is 93.3 cm³/mol. The Morgan fingerprint density at radius 1 is 1.20 bits per heavy atom. The highest BCUT2D eigenvalue weighted by Gasteiger charge is 2.10. The molecule has 1 aromatic carbocycles. The van der Waals surface area contributed by atoms with Crippen LogP contribution in [0.15, 0.2) is 36.4 Å². The summed E-state index contributed by atoms with van der Waals surface area (Å²) in [7, 11) is 1.24. The lowest BCUT2D eigenvalue weighted by Gasteiger charge is -2.11. The van der Waals surface area contributed by atoms with Gasteiger partial charge in [-0.05, 0) is 30.0 Å². The van der Waals surface area contributed by atoms with Gasteiger partial charge in [0.15, 0.2) is 6.79 Å². The number of ether oxygens (including phenoxy) is 4. The first-order chi connectivity index (χ1) is 12.0. The molecular formula is C19H26O6. The van der Waals surface area contributed by atoms with Gasteiger partial charge in [-0.3, -0.25) is 4.79 Å². The minimum absolute atomic E-state index is 0.0465. The van der Waals surface area contributed by atoms with Crippen molar-refractivity contribution in [3.63, 3.8) is 0 Å². The Morgan fingerprint density at radius 2 is 1.88 bits per heavy atom. The number of rotatable bonds is 11. The summed E-state index contributed by atoms with van der Waals surface area (Å²) in [5, 5.41) is 0. The van der Waals surface area contributed by atoms with Gasteiger partial charge in [0.1, 0.15) is 12.4 Å². The molecule has 1 atom stereocenters. The fourth-order valence-corrected chi connectivity index (χ4v) is 1.90. The Bertz CT molecular complexity index is 564. The van der Waals surface area contributed by atoms with Crippen LogP contribution < -0.4 is 4.74 Å². The Hall–Kier alpha value is -2.34. The van der Waals surface area contributed by atoms with Crippen LogP contribution in [0.4, 0.5) is 0 Å². The second kappa shape index (κ2) is 11.3. The number of hydrogen-bond acceptors (Lipinski definition) is 6. The highest BCUT2D eigenvalue weighted by molar-refractivity contribution is 5.88. The van der Waals surface area contributed by atoms with Crippen LogP contribution in [-0.4, -0.2) is 39.1 Å². The molecular weight excluding hydrogens is 324 g/mol. The van der Waals surface area contributed by atoms with E-state index in [0.29, 0.717) is 11.7 Å². The average molecular weight is 350 g/mol. The molecule has 0 spiro atoms. The minimum atomic E-state index is -0.600. The van der Waals surface area contributed by atoms with Crippen LogP contribution in [0.3, 0.4) is 0 Å². The monoisotopic (exact) mass is 350 g/mol. The van der Waals surface area contributed by atoms with Crippen molar-refractivity contribution >= 4 is 11.9 Å². The summed E-state index contributed by atoms with van der Waals surface area (Å²) >= 11 is 0. The van der Waals surface area contributed by atoms with Crippen molar-refractivity contribution in [1.29, 1.82) is 0 Å². The zero-order chi connectivity index (χ0) is 18.7. The summed E-state index contributed by atoms with van der Waals surface area (Å²) in [5.41, 5.74) is 1.35. The van der Waals surface area contributed by atoms with E-state index < -0.39 is 11.9 Å². The Labute approximate surface area is 148 Å². The van der Waals surface area contributed by atoms with E-state index in [1.54, 1.807) is 0 Å². The Balaban J connectivity index is 2.16. The third-order valence-electron chi connectivity index (χ3n) is 3.70. The molecule has 0 saturated heterocycles. The van der Waals surface area contributed by atoms with Gasteiger partial charge >= 0.3 is 11.9 Å². The second-order valence-corrected chi connectivity index (χ2v) is 5.55. The maximum atomic E-state index is 11.5. The van der Waals surface area contributed by atoms with E-state index in [1.807, 2.05) is 24.3 Å². The van der Waals surface area contributed by atoms with E-state index in [-0.39, 0.29) is 32.0 Å². The van der Waals surface area contributed by atoms with E-state index in [0.717, 1.165) is 6.42 Å². The lowest BCUT2D eigenvalue weighted by molar-refractivity contribution is -0.145. The topological polar surface area (TPSA) is 71.1 Å². The van der Waals surface area contributed by atoms with Gasteiger partial charge in [0.05, 0.1) is 25.7 Å². The van der Waals surface area contributed by atoms with Gasteiger partial charge < -0.3 is 18.9 Å². The van der Waals surface area contributed by atoms with Gasteiger partial charge in [0, 0.05) is 0 Å². The molecule has 0 aromatic heterocycles. The van der Waals surface area contributed by atoms with Gasteiger partial charge in [0.25, 0.3) is 0 Å². The third-order valence-corrected chi connectivity index (χ3v) is 3.70. The average Bonchev–Trinajstić information content (AvgIpc) is 2.64. The molecule has 0 aliphatic carbocycles. The van der Waals surface area contributed by atoms with Crippen LogP contribution in [0, 0.1) is 0 Å². The maximum Gasteiger partial charge on any atom is 0.336 e. The molecule has 1 unspecified atom stereocenters. The molecule has 0 N–H and O–H groups in total. The molecule has 0 fully saturated rings. The standard InChI is InChI=1S/C19H26O6/c1-5-14(2)16-6-8-17(9-7-16)25-13-23-11-10-18(20)24-12-15(3)19(21)22-4/h6-9,14H,3,5,10-13H2,1-2,4H3. The predicted octanol–water partition coefficient (Wildman–Crippen LogP) is 3.22. The highest BCUT2D eigenvalue weighted by Crippen LogP contribution is 2.21. The molecule has 0 amide bonds. The number of hydrogen-bond donors (Lipinski definition) is 0. The SMILES string of the molecule is C=C(COC(=O)CCOCOc1ccc(C(C)CC)cc1)C(=O)OC. The smallest absolute Gasteiger partial charge is 0.336 e. The van der Waals surface area contributed by atoms with E-state index in [2.05, 4.69) is 25.2 Å². The zero-order valence-corrected chi connectivity index (χ0v) is 15.1. The lowest BCUT2D eigenvalue weighted by atomic mass is 9.99. The van der Waals surface area contributed by atoms with E-state index in [9.17, 15) is 9.59 Å². The largest absolute Gasteiger partial charge is 0.468 e. The molecule has 0 saturated carbocycles. The summed E-state index contributed by atoms with van der Waals surface area (Å²) in [6, 6.07) is 7.87. The first-order valence-electron chi connectivity index (χ1n) is 8.20. The summed E-state index contributed by atoms with van der Waals surface area (Å²) in [5.74, 6) is 0.148. The molecule has 0 bridgehead atoms. The number of esters is 2. The van der Waals surface area contributed by atoms with Crippen LogP contribution in [0.2, 0.25) is 0 Å². The van der Waals surface area contributed by atoms with Crippen LogP contribution >= 0.6 is 0 Å². The van der Waals surface area contributed by atoms with Crippen LogP contribution in [0.1, 0.15) is 38.2 Å². The molecule has 6 heteroatoms. The van der Waals surface area contributed by atoms with Crippen LogP contribution in [0.5, 0.6) is 5.75 Å². The van der Waals surface area contributed by atoms with Crippen molar-refractivity contribution in [3.8, 4) is 5.75 Å². The summed E-state index contributed by atoms with van der Waals surface area (Å²) in [6.07, 6.45) is 1.15. The molecule has 0 aliphatic heterocycles. The van der Waals surface area contributed by atoms with Gasteiger partial charge in [-0.25, -0.2) is 4.79 Å². The maximum absolute atomic E-state index is 11.5. The lowest BCUT2D eigenvalue weighted by Crippen LogP contribution is -2.15. The van der Waals surface area contributed by atoms with Crippen molar-refractivity contribution in [2.75, 3.05) is 27.1 Å². The van der Waals surface area contributed by atoms with E-state index in [4.69, 9.17) is 14.2 Å². The van der Waals surface area contributed by atoms with Crippen molar-refractivity contribution in [2.24, 2.45) is 0 Å². The van der Waals surface area contributed by atoms with Gasteiger partial charge in [0.2, 0.25) is 0 Å². The molecule has 1 aromatic rings. The third kappa shape index (κ3) is 7.85. The molecule has 1 rings (SSSR count). The Kier molecular flexibility index (Phi) is 9.32. The zero-order valence-electron chi connectivity index (χ0n) is 15.1. The second-order valence-electron chi connectivity index (χ2n) is 5.55. The normalized spacial score (nSPS) is 11.5. The molecule has 0 aliphatic rings. The van der Waals surface area contributed by atoms with Gasteiger partial charge in [-0.2, -0.15) is 0 Å². The number of carbonyl (C=O) groups is 2. The van der Waals surface area contributed by atoms with Gasteiger partial charge in [-0.1, -0.05) is 32.6 Å². The minimum Gasteiger partial charge on any atom is -0.468 e. The molecule has 25 heavy (non-hydrogen) atoms. The first kappa shape index (κ1) is 20.7. The number of methoxy groups -OCH3 is 1. The van der Waals surface area contributed by atoms with E-state index >= 15 is 0 Å². The fourth-order valence-electron chi connectivity index (χ4n) is 1.90. The van der Waals surface area contributed by atoms with Crippen molar-refractivity contribution in [2.45, 2.75) is 32.6 Å². The van der Waals surface area contributed by atoms with E-state index in [1.165, 1.54) is 12.7 Å². The van der Waals surface area contributed by atoms with Crippen LogP contribution in [-0.2, 0) is 23.8 Å². The first-order valence-corrected chi connectivity index (χ1v) is 8.20. The summed E-state index contributed by atoms with van der Waals surface area (Å²) in [6.45, 7) is 7.81. The Morgan fingerprint density at radius 3 is 2.48 bits per heavy atom. The highest BCUT2D eigenvalue weighted by atomic mass is 16.7. The molecule has 6 nitrogen and oxygen atoms in total. The number of carbonyl (C=O) groups excluding carboxylic acids is 2. The molecule has 0 heterocycles. The molecule has 138 valence electrons. The summed E-state index contributed by atoms with van der Waals surface area (Å²) < 4.78 is 20.0. The quantitative estimate of drug-likeness (QED) is 0.264. The molecule has 0 radical (unpaired) electrons. The fraction of sp³-hybridized carbons (Fsp3) is 0.474. The van der Waals surface area contributed by atoms with Crippen molar-refractivity contribution < 1.29 is 28.5 Å². The van der Waals surface area contributed by atoms with Crippen molar-refractivity contribution in [3.05, 3.63) is 42.0 Å².